The van der Waals surface area contributed by atoms with Gasteiger partial charge in [0, 0.05) is 24.4 Å². The molecule has 0 saturated heterocycles. The Labute approximate surface area is 109 Å². The smallest absolute Gasteiger partial charge is 0.315 e. The van der Waals surface area contributed by atoms with Crippen LogP contribution in [0.25, 0.3) is 0 Å². The number of aliphatic hydroxyl groups is 1. The van der Waals surface area contributed by atoms with Crippen LogP contribution in [-0.4, -0.2) is 41.8 Å². The van der Waals surface area contributed by atoms with Crippen molar-refractivity contribution < 1.29 is 9.90 Å². The molecule has 0 aliphatic rings. The van der Waals surface area contributed by atoms with E-state index in [9.17, 15) is 4.79 Å². The van der Waals surface area contributed by atoms with Crippen LogP contribution >= 0.6 is 11.8 Å². The van der Waals surface area contributed by atoms with Crippen LogP contribution < -0.4 is 10.6 Å². The minimum absolute atomic E-state index is 0.0341. The summed E-state index contributed by atoms with van der Waals surface area (Å²) in [5.41, 5.74) is 0. The number of carbonyl (C=O) groups excluding carboxylic acids is 1. The lowest BCUT2D eigenvalue weighted by molar-refractivity contribution is 0.216. The second-order valence-electron chi connectivity index (χ2n) is 4.54. The molecule has 17 heavy (non-hydrogen) atoms. The molecule has 0 saturated carbocycles. The van der Waals surface area contributed by atoms with E-state index in [4.69, 9.17) is 5.11 Å². The summed E-state index contributed by atoms with van der Waals surface area (Å²) in [5, 5.41) is 14.8. The molecule has 2 atom stereocenters. The number of thioether (sulfide) groups is 1. The molecule has 2 amide bonds. The largest absolute Gasteiger partial charge is 0.396 e. The van der Waals surface area contributed by atoms with Gasteiger partial charge < -0.3 is 15.7 Å². The van der Waals surface area contributed by atoms with Gasteiger partial charge in [-0.2, -0.15) is 11.8 Å². The molecular formula is C12H26N2O2S. The first-order valence-corrected chi connectivity index (χ1v) is 7.61. The summed E-state index contributed by atoms with van der Waals surface area (Å²) < 4.78 is 0. The molecule has 2 unspecified atom stereocenters. The molecule has 0 fully saturated rings. The van der Waals surface area contributed by atoms with Gasteiger partial charge in [0.2, 0.25) is 0 Å². The summed E-state index contributed by atoms with van der Waals surface area (Å²) in [6.45, 7) is 6.25. The zero-order chi connectivity index (χ0) is 13.3. The molecule has 0 bridgehead atoms. The SMILES string of the molecule is CCC(CSC)NC(=O)NC(CCO)C(C)C. The zero-order valence-electron chi connectivity index (χ0n) is 11.3. The molecule has 0 aromatic rings. The van der Waals surface area contributed by atoms with Gasteiger partial charge in [-0.15, -0.1) is 0 Å². The Hall–Kier alpha value is -0.420. The van der Waals surface area contributed by atoms with Crippen LogP contribution in [0.4, 0.5) is 4.79 Å². The van der Waals surface area contributed by atoms with E-state index in [2.05, 4.69) is 17.6 Å². The third kappa shape index (κ3) is 7.49. The predicted molar refractivity (Wildman–Crippen MR) is 74.5 cm³/mol. The average Bonchev–Trinajstić information content (AvgIpc) is 2.27. The van der Waals surface area contributed by atoms with Gasteiger partial charge in [-0.3, -0.25) is 0 Å². The maximum absolute atomic E-state index is 11.8. The number of hydrogen-bond acceptors (Lipinski definition) is 3. The van der Waals surface area contributed by atoms with Gasteiger partial charge in [-0.05, 0) is 25.0 Å². The van der Waals surface area contributed by atoms with E-state index in [1.54, 1.807) is 11.8 Å². The van der Waals surface area contributed by atoms with Crippen molar-refractivity contribution in [2.75, 3.05) is 18.6 Å². The quantitative estimate of drug-likeness (QED) is 0.625. The maximum atomic E-state index is 11.8. The molecule has 0 aliphatic carbocycles. The number of rotatable bonds is 8. The molecule has 0 heterocycles. The molecule has 5 heteroatoms. The van der Waals surface area contributed by atoms with Crippen molar-refractivity contribution in [3.63, 3.8) is 0 Å². The highest BCUT2D eigenvalue weighted by atomic mass is 32.2. The molecule has 0 aliphatic heterocycles. The van der Waals surface area contributed by atoms with Crippen LogP contribution in [0.3, 0.4) is 0 Å². The van der Waals surface area contributed by atoms with Gasteiger partial charge in [0.15, 0.2) is 0 Å². The molecule has 0 aromatic carbocycles. The lowest BCUT2D eigenvalue weighted by atomic mass is 10.0. The first-order chi connectivity index (χ1) is 8.04. The van der Waals surface area contributed by atoms with Gasteiger partial charge >= 0.3 is 6.03 Å². The van der Waals surface area contributed by atoms with Crippen LogP contribution in [0.2, 0.25) is 0 Å². The highest BCUT2D eigenvalue weighted by Gasteiger charge is 2.17. The minimum atomic E-state index is -0.127. The zero-order valence-corrected chi connectivity index (χ0v) is 12.1. The normalized spacial score (nSPS) is 14.5. The Morgan fingerprint density at radius 3 is 2.41 bits per heavy atom. The van der Waals surface area contributed by atoms with Gasteiger partial charge in [-0.25, -0.2) is 4.79 Å². The van der Waals surface area contributed by atoms with E-state index in [-0.39, 0.29) is 24.7 Å². The molecule has 0 rings (SSSR count). The molecule has 0 radical (unpaired) electrons. The van der Waals surface area contributed by atoms with Gasteiger partial charge in [0.25, 0.3) is 0 Å². The lowest BCUT2D eigenvalue weighted by Crippen LogP contribution is -2.48. The molecule has 0 spiro atoms. The topological polar surface area (TPSA) is 61.4 Å². The summed E-state index contributed by atoms with van der Waals surface area (Å²) in [6, 6.07) is 0.122. The Morgan fingerprint density at radius 1 is 1.35 bits per heavy atom. The van der Waals surface area contributed by atoms with Crippen LogP contribution in [0, 0.1) is 5.92 Å². The Balaban J connectivity index is 4.12. The highest BCUT2D eigenvalue weighted by molar-refractivity contribution is 7.98. The van der Waals surface area contributed by atoms with E-state index in [1.807, 2.05) is 20.1 Å². The van der Waals surface area contributed by atoms with Crippen LogP contribution in [0.5, 0.6) is 0 Å². The van der Waals surface area contributed by atoms with E-state index < -0.39 is 0 Å². The fourth-order valence-corrected chi connectivity index (χ4v) is 2.29. The first-order valence-electron chi connectivity index (χ1n) is 6.21. The first kappa shape index (κ1) is 16.6. The van der Waals surface area contributed by atoms with Crippen LogP contribution in [-0.2, 0) is 0 Å². The van der Waals surface area contributed by atoms with Crippen molar-refractivity contribution in [3.05, 3.63) is 0 Å². The van der Waals surface area contributed by atoms with E-state index >= 15 is 0 Å². The predicted octanol–water partition coefficient (Wildman–Crippen LogP) is 1.83. The Bertz CT molecular complexity index is 213. The summed E-state index contributed by atoms with van der Waals surface area (Å²) in [5.74, 6) is 1.25. The van der Waals surface area contributed by atoms with Gasteiger partial charge in [0.05, 0.1) is 0 Å². The van der Waals surface area contributed by atoms with Gasteiger partial charge in [-0.1, -0.05) is 20.8 Å². The summed E-state index contributed by atoms with van der Waals surface area (Å²) in [4.78, 5) is 11.8. The average molecular weight is 262 g/mol. The molecule has 4 nitrogen and oxygen atoms in total. The molecule has 3 N–H and O–H groups in total. The van der Waals surface area contributed by atoms with Crippen LogP contribution in [0.1, 0.15) is 33.6 Å². The van der Waals surface area contributed by atoms with Crippen molar-refractivity contribution in [2.24, 2.45) is 5.92 Å². The minimum Gasteiger partial charge on any atom is -0.396 e. The number of amides is 2. The van der Waals surface area contributed by atoms with Gasteiger partial charge in [0.1, 0.15) is 0 Å². The summed E-state index contributed by atoms with van der Waals surface area (Å²) >= 11 is 1.73. The highest BCUT2D eigenvalue weighted by Crippen LogP contribution is 2.06. The van der Waals surface area contributed by atoms with Crippen molar-refractivity contribution in [1.82, 2.24) is 10.6 Å². The number of urea groups is 1. The number of nitrogens with one attached hydrogen (secondary N) is 2. The number of aliphatic hydroxyl groups excluding tert-OH is 1. The van der Waals surface area contributed by atoms with Crippen LogP contribution in [0.15, 0.2) is 0 Å². The number of hydrogen-bond donors (Lipinski definition) is 3. The number of carbonyl (C=O) groups is 1. The van der Waals surface area contributed by atoms with E-state index in [0.717, 1.165) is 12.2 Å². The molecule has 0 aromatic heterocycles. The Morgan fingerprint density at radius 2 is 2.00 bits per heavy atom. The summed E-state index contributed by atoms with van der Waals surface area (Å²) in [6.07, 6.45) is 3.57. The van der Waals surface area contributed by atoms with Crippen molar-refractivity contribution in [2.45, 2.75) is 45.7 Å². The third-order valence-electron chi connectivity index (χ3n) is 2.76. The van der Waals surface area contributed by atoms with E-state index in [0.29, 0.717) is 12.3 Å². The fourth-order valence-electron chi connectivity index (χ4n) is 1.57. The third-order valence-corrected chi connectivity index (χ3v) is 3.49. The second-order valence-corrected chi connectivity index (χ2v) is 5.45. The fraction of sp³-hybridized carbons (Fsp3) is 0.917. The van der Waals surface area contributed by atoms with Crippen molar-refractivity contribution in [3.8, 4) is 0 Å². The van der Waals surface area contributed by atoms with Crippen molar-refractivity contribution >= 4 is 17.8 Å². The summed E-state index contributed by atoms with van der Waals surface area (Å²) in [7, 11) is 0. The Kier molecular flexibility index (Phi) is 9.36. The molecule has 102 valence electrons. The maximum Gasteiger partial charge on any atom is 0.315 e. The second kappa shape index (κ2) is 9.59. The van der Waals surface area contributed by atoms with E-state index in [1.165, 1.54) is 0 Å². The standard InChI is InChI=1S/C12H26N2O2S/c1-5-10(8-17-4)13-12(16)14-11(6-7-15)9(2)3/h9-11,15H,5-8H2,1-4H3,(H2,13,14,16). The monoisotopic (exact) mass is 262 g/mol. The lowest BCUT2D eigenvalue weighted by Gasteiger charge is -2.24. The molecular weight excluding hydrogens is 236 g/mol. The van der Waals surface area contributed by atoms with Crippen molar-refractivity contribution in [1.29, 1.82) is 0 Å².